The molecule has 0 saturated carbocycles. The maximum absolute atomic E-state index is 10.6. The number of carbonyl (C=O) groups is 1. The van der Waals surface area contributed by atoms with E-state index >= 15 is 0 Å². The third-order valence-corrected chi connectivity index (χ3v) is 2.66. The van der Waals surface area contributed by atoms with Crippen LogP contribution in [0.1, 0.15) is 13.3 Å². The van der Waals surface area contributed by atoms with Gasteiger partial charge in [0.05, 0.1) is 0 Å². The van der Waals surface area contributed by atoms with Crippen molar-refractivity contribution in [2.45, 2.75) is 13.3 Å². The summed E-state index contributed by atoms with van der Waals surface area (Å²) in [6, 6.07) is 0. The molecule has 1 fully saturated rings. The van der Waals surface area contributed by atoms with E-state index in [4.69, 9.17) is 10.8 Å². The quantitative estimate of drug-likeness (QED) is 0.608. The molecule has 0 spiro atoms. The Labute approximate surface area is 72.3 Å². The van der Waals surface area contributed by atoms with Crippen molar-refractivity contribution in [2.24, 2.45) is 17.6 Å². The topological polar surface area (TPSA) is 66.6 Å². The van der Waals surface area contributed by atoms with Gasteiger partial charge in [-0.3, -0.25) is 0 Å². The Balaban J connectivity index is 2.46. The highest BCUT2D eigenvalue weighted by Crippen LogP contribution is 2.21. The molecule has 4 heteroatoms. The summed E-state index contributed by atoms with van der Waals surface area (Å²) in [7, 11) is 0. The highest BCUT2D eigenvalue weighted by molar-refractivity contribution is 5.65. The molecule has 3 N–H and O–H groups in total. The third kappa shape index (κ3) is 1.88. The van der Waals surface area contributed by atoms with Crippen molar-refractivity contribution in [3.63, 3.8) is 0 Å². The summed E-state index contributed by atoms with van der Waals surface area (Å²) >= 11 is 0. The van der Waals surface area contributed by atoms with Gasteiger partial charge in [-0.15, -0.1) is 0 Å². The minimum absolute atomic E-state index is 0.403. The van der Waals surface area contributed by atoms with Gasteiger partial charge in [0.1, 0.15) is 0 Å². The van der Waals surface area contributed by atoms with Gasteiger partial charge in [-0.05, 0) is 24.8 Å². The first-order valence-electron chi connectivity index (χ1n) is 4.33. The molecule has 4 nitrogen and oxygen atoms in total. The molecule has 0 aliphatic carbocycles. The van der Waals surface area contributed by atoms with E-state index in [0.717, 1.165) is 6.42 Å². The lowest BCUT2D eigenvalue weighted by atomic mass is 9.87. The molecule has 0 aromatic carbocycles. The number of rotatable bonds is 1. The summed E-state index contributed by atoms with van der Waals surface area (Å²) < 4.78 is 0. The third-order valence-electron chi connectivity index (χ3n) is 2.66. The Morgan fingerprint density at radius 3 is 2.83 bits per heavy atom. The maximum atomic E-state index is 10.6. The Bertz CT molecular complexity index is 172. The minimum atomic E-state index is -0.808. The molecule has 1 aliphatic rings. The Morgan fingerprint density at radius 1 is 1.75 bits per heavy atom. The van der Waals surface area contributed by atoms with Gasteiger partial charge in [-0.25, -0.2) is 4.79 Å². The van der Waals surface area contributed by atoms with Crippen molar-refractivity contribution in [1.29, 1.82) is 0 Å². The second-order valence-corrected chi connectivity index (χ2v) is 3.49. The van der Waals surface area contributed by atoms with Crippen molar-refractivity contribution in [3.05, 3.63) is 0 Å². The minimum Gasteiger partial charge on any atom is -0.465 e. The Kier molecular flexibility index (Phi) is 2.92. The van der Waals surface area contributed by atoms with Gasteiger partial charge in [-0.2, -0.15) is 0 Å². The van der Waals surface area contributed by atoms with Crippen LogP contribution in [0.25, 0.3) is 0 Å². The number of likely N-dealkylation sites (tertiary alicyclic amines) is 1. The molecule has 12 heavy (non-hydrogen) atoms. The lowest BCUT2D eigenvalue weighted by Gasteiger charge is -2.34. The monoisotopic (exact) mass is 172 g/mol. The molecular weight excluding hydrogens is 156 g/mol. The van der Waals surface area contributed by atoms with Crippen LogP contribution >= 0.6 is 0 Å². The van der Waals surface area contributed by atoms with E-state index in [0.29, 0.717) is 31.5 Å². The fourth-order valence-electron chi connectivity index (χ4n) is 1.72. The lowest BCUT2D eigenvalue weighted by molar-refractivity contribution is 0.103. The molecule has 1 saturated heterocycles. The average molecular weight is 172 g/mol. The van der Waals surface area contributed by atoms with Crippen molar-refractivity contribution >= 4 is 6.09 Å². The molecule has 1 aliphatic heterocycles. The van der Waals surface area contributed by atoms with Gasteiger partial charge in [-0.1, -0.05) is 6.92 Å². The molecule has 1 heterocycles. The number of nitrogens with zero attached hydrogens (tertiary/aromatic N) is 1. The van der Waals surface area contributed by atoms with Crippen molar-refractivity contribution < 1.29 is 9.90 Å². The molecular formula is C8H16N2O2. The van der Waals surface area contributed by atoms with Gasteiger partial charge >= 0.3 is 6.09 Å². The van der Waals surface area contributed by atoms with Crippen LogP contribution in [-0.4, -0.2) is 35.7 Å². The fraction of sp³-hybridized carbons (Fsp3) is 0.875. The van der Waals surface area contributed by atoms with E-state index in [2.05, 4.69) is 6.92 Å². The SMILES string of the molecule is C[C@H]1CN(C(=O)O)CC[C@H]1CN. The molecule has 1 amide bonds. The standard InChI is InChI=1S/C8H16N2O2/c1-6-5-10(8(11)12)3-2-7(6)4-9/h6-7H,2-5,9H2,1H3,(H,11,12)/t6-,7-/m0/s1. The zero-order valence-electron chi connectivity index (χ0n) is 7.36. The van der Waals surface area contributed by atoms with Gasteiger partial charge < -0.3 is 15.7 Å². The van der Waals surface area contributed by atoms with Gasteiger partial charge in [0, 0.05) is 13.1 Å². The summed E-state index contributed by atoms with van der Waals surface area (Å²) in [4.78, 5) is 12.1. The molecule has 0 aromatic rings. The number of piperidine rings is 1. The predicted octanol–water partition coefficient (Wildman–Crippen LogP) is 0.581. The summed E-state index contributed by atoms with van der Waals surface area (Å²) in [5, 5.41) is 8.71. The highest BCUT2D eigenvalue weighted by atomic mass is 16.4. The van der Waals surface area contributed by atoms with Gasteiger partial charge in [0.15, 0.2) is 0 Å². The molecule has 0 bridgehead atoms. The van der Waals surface area contributed by atoms with E-state index in [1.54, 1.807) is 0 Å². The van der Waals surface area contributed by atoms with E-state index < -0.39 is 6.09 Å². The van der Waals surface area contributed by atoms with Crippen LogP contribution in [0, 0.1) is 11.8 Å². The first kappa shape index (κ1) is 9.32. The highest BCUT2D eigenvalue weighted by Gasteiger charge is 2.27. The normalized spacial score (nSPS) is 30.3. The van der Waals surface area contributed by atoms with E-state index in [1.165, 1.54) is 4.90 Å². The number of nitrogens with two attached hydrogens (primary N) is 1. The van der Waals surface area contributed by atoms with Crippen LogP contribution < -0.4 is 5.73 Å². The predicted molar refractivity (Wildman–Crippen MR) is 45.9 cm³/mol. The molecule has 0 radical (unpaired) electrons. The Hall–Kier alpha value is -0.770. The van der Waals surface area contributed by atoms with E-state index in [1.807, 2.05) is 0 Å². The zero-order valence-corrected chi connectivity index (χ0v) is 7.36. The van der Waals surface area contributed by atoms with Crippen LogP contribution in [0.5, 0.6) is 0 Å². The van der Waals surface area contributed by atoms with Crippen molar-refractivity contribution in [1.82, 2.24) is 4.90 Å². The number of carboxylic acid groups (broad SMARTS) is 1. The molecule has 2 atom stereocenters. The first-order valence-corrected chi connectivity index (χ1v) is 4.33. The zero-order chi connectivity index (χ0) is 9.14. The van der Waals surface area contributed by atoms with Crippen LogP contribution in [0.3, 0.4) is 0 Å². The van der Waals surface area contributed by atoms with Crippen LogP contribution in [-0.2, 0) is 0 Å². The largest absolute Gasteiger partial charge is 0.465 e. The maximum Gasteiger partial charge on any atom is 0.407 e. The number of amides is 1. The van der Waals surface area contributed by atoms with Crippen LogP contribution in [0.2, 0.25) is 0 Å². The van der Waals surface area contributed by atoms with Crippen LogP contribution in [0.4, 0.5) is 4.79 Å². The summed E-state index contributed by atoms with van der Waals surface area (Å²) in [5.41, 5.74) is 5.55. The summed E-state index contributed by atoms with van der Waals surface area (Å²) in [6.45, 7) is 4.01. The van der Waals surface area contributed by atoms with Crippen molar-refractivity contribution in [2.75, 3.05) is 19.6 Å². The summed E-state index contributed by atoms with van der Waals surface area (Å²) in [5.74, 6) is 0.903. The van der Waals surface area contributed by atoms with Gasteiger partial charge in [0.2, 0.25) is 0 Å². The molecule has 0 aromatic heterocycles. The second kappa shape index (κ2) is 3.76. The molecule has 0 unspecified atom stereocenters. The van der Waals surface area contributed by atoms with Crippen molar-refractivity contribution in [3.8, 4) is 0 Å². The second-order valence-electron chi connectivity index (χ2n) is 3.49. The number of hydrogen-bond donors (Lipinski definition) is 2. The molecule has 70 valence electrons. The average Bonchev–Trinajstić information content (AvgIpc) is 2.04. The number of hydrogen-bond acceptors (Lipinski definition) is 2. The van der Waals surface area contributed by atoms with E-state index in [9.17, 15) is 4.79 Å². The Morgan fingerprint density at radius 2 is 2.42 bits per heavy atom. The van der Waals surface area contributed by atoms with Gasteiger partial charge in [0.25, 0.3) is 0 Å². The molecule has 1 rings (SSSR count). The van der Waals surface area contributed by atoms with Crippen LogP contribution in [0.15, 0.2) is 0 Å². The van der Waals surface area contributed by atoms with E-state index in [-0.39, 0.29) is 0 Å². The fourth-order valence-corrected chi connectivity index (χ4v) is 1.72. The summed E-state index contributed by atoms with van der Waals surface area (Å²) in [6.07, 6.45) is 0.0987. The first-order chi connectivity index (χ1) is 5.65. The lowest BCUT2D eigenvalue weighted by Crippen LogP contribution is -2.44. The smallest absolute Gasteiger partial charge is 0.407 e.